The van der Waals surface area contributed by atoms with Crippen molar-refractivity contribution in [2.24, 2.45) is 0 Å². The smallest absolute Gasteiger partial charge is 0.260 e. The second kappa shape index (κ2) is 7.01. The van der Waals surface area contributed by atoms with E-state index in [-0.39, 0.29) is 31.0 Å². The predicted molar refractivity (Wildman–Crippen MR) is 73.0 cm³/mol. The summed E-state index contributed by atoms with van der Waals surface area (Å²) in [5, 5.41) is 9.02. The van der Waals surface area contributed by atoms with E-state index in [0.29, 0.717) is 29.9 Å². The van der Waals surface area contributed by atoms with Crippen molar-refractivity contribution < 1.29 is 23.8 Å². The maximum atomic E-state index is 12.9. The van der Waals surface area contributed by atoms with E-state index in [1.165, 1.54) is 18.2 Å². The third kappa shape index (κ3) is 3.91. The van der Waals surface area contributed by atoms with Crippen LogP contribution in [0.1, 0.15) is 0 Å². The summed E-state index contributed by atoms with van der Waals surface area (Å²) in [6.07, 6.45) is -0.342. The molecule has 1 N–H and O–H groups in total. The van der Waals surface area contributed by atoms with Gasteiger partial charge in [-0.2, -0.15) is 0 Å². The summed E-state index contributed by atoms with van der Waals surface area (Å²) >= 11 is 3.17. The Morgan fingerprint density at radius 1 is 1.60 bits per heavy atom. The fourth-order valence-corrected chi connectivity index (χ4v) is 2.34. The number of hydrogen-bond donors (Lipinski definition) is 1. The summed E-state index contributed by atoms with van der Waals surface area (Å²) in [4.78, 5) is 13.6. The number of morpholine rings is 1. The molecule has 1 atom stereocenters. The molecule has 110 valence electrons. The molecule has 1 aromatic rings. The van der Waals surface area contributed by atoms with Gasteiger partial charge in [0.25, 0.3) is 5.91 Å². The van der Waals surface area contributed by atoms with E-state index < -0.39 is 0 Å². The van der Waals surface area contributed by atoms with E-state index in [2.05, 4.69) is 15.9 Å². The molecule has 0 bridgehead atoms. The van der Waals surface area contributed by atoms with Crippen LogP contribution in [0.2, 0.25) is 0 Å². The number of benzene rings is 1. The van der Waals surface area contributed by atoms with Crippen LogP contribution in [0.25, 0.3) is 0 Å². The largest absolute Gasteiger partial charge is 0.483 e. The Kier molecular flexibility index (Phi) is 5.33. The van der Waals surface area contributed by atoms with E-state index in [4.69, 9.17) is 14.6 Å². The zero-order valence-electron chi connectivity index (χ0n) is 10.7. The molecule has 0 aliphatic carbocycles. The molecule has 5 nitrogen and oxygen atoms in total. The van der Waals surface area contributed by atoms with Gasteiger partial charge in [0.2, 0.25) is 0 Å². The number of nitrogens with zero attached hydrogens (tertiary/aromatic N) is 1. The van der Waals surface area contributed by atoms with Crippen LogP contribution >= 0.6 is 15.9 Å². The van der Waals surface area contributed by atoms with E-state index >= 15 is 0 Å². The lowest BCUT2D eigenvalue weighted by Crippen LogP contribution is -2.48. The van der Waals surface area contributed by atoms with Gasteiger partial charge in [-0.25, -0.2) is 4.39 Å². The average Bonchev–Trinajstić information content (AvgIpc) is 2.46. The summed E-state index contributed by atoms with van der Waals surface area (Å²) in [6.45, 7) is 0.973. The van der Waals surface area contributed by atoms with Gasteiger partial charge in [-0.05, 0) is 34.1 Å². The number of carbonyl (C=O) groups is 1. The van der Waals surface area contributed by atoms with E-state index in [9.17, 15) is 9.18 Å². The first kappa shape index (κ1) is 15.2. The summed E-state index contributed by atoms with van der Waals surface area (Å²) < 4.78 is 24.0. The highest BCUT2D eigenvalue weighted by molar-refractivity contribution is 9.10. The van der Waals surface area contributed by atoms with Crippen LogP contribution in [-0.4, -0.2) is 54.9 Å². The summed E-state index contributed by atoms with van der Waals surface area (Å²) in [7, 11) is 0. The molecular formula is C13H15BrFNO4. The lowest BCUT2D eigenvalue weighted by molar-refractivity contribution is -0.142. The third-order valence-corrected chi connectivity index (χ3v) is 3.56. The van der Waals surface area contributed by atoms with E-state index in [1.54, 1.807) is 4.90 Å². The van der Waals surface area contributed by atoms with Gasteiger partial charge in [-0.15, -0.1) is 0 Å². The first-order valence-electron chi connectivity index (χ1n) is 6.18. The SMILES string of the molecule is O=C(COc1ccc(F)cc1Br)N1CCOC(CO)C1. The predicted octanol–water partition coefficient (Wildman–Crippen LogP) is 1.19. The van der Waals surface area contributed by atoms with Crippen molar-refractivity contribution in [2.75, 3.05) is 32.9 Å². The molecular weight excluding hydrogens is 333 g/mol. The van der Waals surface area contributed by atoms with Crippen molar-refractivity contribution in [3.63, 3.8) is 0 Å². The van der Waals surface area contributed by atoms with Gasteiger partial charge in [-0.1, -0.05) is 0 Å². The zero-order valence-corrected chi connectivity index (χ0v) is 12.3. The summed E-state index contributed by atoms with van der Waals surface area (Å²) in [5.41, 5.74) is 0. The van der Waals surface area contributed by atoms with Crippen molar-refractivity contribution in [1.29, 1.82) is 0 Å². The van der Waals surface area contributed by atoms with Crippen LogP contribution in [0.3, 0.4) is 0 Å². The maximum Gasteiger partial charge on any atom is 0.260 e. The van der Waals surface area contributed by atoms with Gasteiger partial charge < -0.3 is 19.5 Å². The molecule has 1 aromatic carbocycles. The molecule has 0 saturated carbocycles. The number of aliphatic hydroxyl groups excluding tert-OH is 1. The van der Waals surface area contributed by atoms with Crippen molar-refractivity contribution in [3.05, 3.63) is 28.5 Å². The fraction of sp³-hybridized carbons (Fsp3) is 0.462. The molecule has 1 fully saturated rings. The summed E-state index contributed by atoms with van der Waals surface area (Å²) in [5.74, 6) is -0.163. The van der Waals surface area contributed by atoms with Crippen LogP contribution in [0, 0.1) is 5.82 Å². The fourth-order valence-electron chi connectivity index (χ4n) is 1.88. The van der Waals surface area contributed by atoms with Gasteiger partial charge in [0.15, 0.2) is 6.61 Å². The first-order valence-corrected chi connectivity index (χ1v) is 6.97. The van der Waals surface area contributed by atoms with E-state index in [0.717, 1.165) is 0 Å². The Morgan fingerprint density at radius 2 is 2.40 bits per heavy atom. The molecule has 1 aliphatic rings. The van der Waals surface area contributed by atoms with Gasteiger partial charge in [0.1, 0.15) is 11.6 Å². The topological polar surface area (TPSA) is 59.0 Å². The molecule has 7 heteroatoms. The van der Waals surface area contributed by atoms with Crippen LogP contribution in [0.5, 0.6) is 5.75 Å². The van der Waals surface area contributed by atoms with Crippen molar-refractivity contribution in [2.45, 2.75) is 6.10 Å². The first-order chi connectivity index (χ1) is 9.60. The minimum atomic E-state index is -0.380. The molecule has 0 radical (unpaired) electrons. The molecule has 1 aliphatic heterocycles. The standard InChI is InChI=1S/C13H15BrFNO4/c14-11-5-9(15)1-2-12(11)20-8-13(18)16-3-4-19-10(6-16)7-17/h1-2,5,10,17H,3-4,6-8H2. The zero-order chi connectivity index (χ0) is 14.5. The number of halogens is 2. The van der Waals surface area contributed by atoms with Gasteiger partial charge in [0.05, 0.1) is 23.8 Å². The molecule has 1 amide bonds. The Morgan fingerprint density at radius 3 is 3.10 bits per heavy atom. The molecule has 2 rings (SSSR count). The molecule has 1 heterocycles. The van der Waals surface area contributed by atoms with Crippen LogP contribution < -0.4 is 4.74 Å². The van der Waals surface area contributed by atoms with Crippen molar-refractivity contribution in [3.8, 4) is 5.75 Å². The van der Waals surface area contributed by atoms with Crippen molar-refractivity contribution >= 4 is 21.8 Å². The number of aliphatic hydroxyl groups is 1. The van der Waals surface area contributed by atoms with Crippen LogP contribution in [0.15, 0.2) is 22.7 Å². The highest BCUT2D eigenvalue weighted by Gasteiger charge is 2.24. The number of hydrogen-bond acceptors (Lipinski definition) is 4. The monoisotopic (exact) mass is 347 g/mol. The van der Waals surface area contributed by atoms with Crippen LogP contribution in [-0.2, 0) is 9.53 Å². The lowest BCUT2D eigenvalue weighted by atomic mass is 10.3. The quantitative estimate of drug-likeness (QED) is 0.888. The second-order valence-electron chi connectivity index (χ2n) is 4.38. The maximum absolute atomic E-state index is 12.9. The Bertz CT molecular complexity index is 485. The minimum absolute atomic E-state index is 0.117. The molecule has 20 heavy (non-hydrogen) atoms. The summed E-state index contributed by atoms with van der Waals surface area (Å²) in [6, 6.07) is 4.00. The lowest BCUT2D eigenvalue weighted by Gasteiger charge is -2.32. The van der Waals surface area contributed by atoms with Crippen LogP contribution in [0.4, 0.5) is 4.39 Å². The Hall–Kier alpha value is -1.18. The third-order valence-electron chi connectivity index (χ3n) is 2.94. The Labute approximate surface area is 124 Å². The normalized spacial score (nSPS) is 18.9. The molecule has 0 aromatic heterocycles. The van der Waals surface area contributed by atoms with Gasteiger partial charge in [-0.3, -0.25) is 4.79 Å². The highest BCUT2D eigenvalue weighted by atomic mass is 79.9. The van der Waals surface area contributed by atoms with Crippen molar-refractivity contribution in [1.82, 2.24) is 4.90 Å². The number of rotatable bonds is 4. The second-order valence-corrected chi connectivity index (χ2v) is 5.23. The number of amides is 1. The number of ether oxygens (including phenoxy) is 2. The van der Waals surface area contributed by atoms with E-state index in [1.807, 2.05) is 0 Å². The minimum Gasteiger partial charge on any atom is -0.483 e. The molecule has 1 saturated heterocycles. The average molecular weight is 348 g/mol. The molecule has 0 spiro atoms. The number of carbonyl (C=O) groups excluding carboxylic acids is 1. The highest BCUT2D eigenvalue weighted by Crippen LogP contribution is 2.25. The Balaban J connectivity index is 1.88. The molecule has 1 unspecified atom stereocenters. The van der Waals surface area contributed by atoms with Gasteiger partial charge >= 0.3 is 0 Å². The van der Waals surface area contributed by atoms with Gasteiger partial charge in [0, 0.05) is 13.1 Å².